The second kappa shape index (κ2) is 7.64. The summed E-state index contributed by atoms with van der Waals surface area (Å²) in [6.07, 6.45) is 0.909. The maximum absolute atomic E-state index is 6.33. The summed E-state index contributed by atoms with van der Waals surface area (Å²) < 4.78 is 1.25. The smallest absolute Gasteiger partial charge is 0.0468 e. The van der Waals surface area contributed by atoms with Crippen LogP contribution in [-0.4, -0.2) is 6.54 Å². The van der Waals surface area contributed by atoms with Crippen LogP contribution in [0.15, 0.2) is 42.5 Å². The minimum Gasteiger partial charge on any atom is -0.310 e. The second-order valence-corrected chi connectivity index (χ2v) is 6.70. The predicted molar refractivity (Wildman–Crippen MR) is 95.7 cm³/mol. The van der Waals surface area contributed by atoms with Gasteiger partial charge < -0.3 is 5.32 Å². The summed E-state index contributed by atoms with van der Waals surface area (Å²) in [7, 11) is 0. The fraction of sp³-hybridized carbons (Fsp3) is 0.250. The fourth-order valence-corrected chi connectivity index (χ4v) is 3.08. The summed E-state index contributed by atoms with van der Waals surface area (Å²) in [6.45, 7) is 3.00. The Balaban J connectivity index is 2.24. The molecule has 0 aliphatic carbocycles. The Morgan fingerprint density at radius 2 is 1.80 bits per heavy atom. The number of likely N-dealkylation sites (N-methyl/N-ethyl adjacent to an activating group) is 1. The zero-order valence-electron chi connectivity index (χ0n) is 11.2. The van der Waals surface area contributed by atoms with Gasteiger partial charge in [-0.2, -0.15) is 0 Å². The Bertz CT molecular complexity index is 569. The summed E-state index contributed by atoms with van der Waals surface area (Å²) in [6, 6.07) is 14.5. The molecule has 4 heteroatoms. The van der Waals surface area contributed by atoms with Crippen molar-refractivity contribution in [3.05, 3.63) is 67.2 Å². The van der Waals surface area contributed by atoms with Crippen LogP contribution in [0, 0.1) is 3.57 Å². The van der Waals surface area contributed by atoms with Crippen molar-refractivity contribution >= 4 is 45.8 Å². The summed E-state index contributed by atoms with van der Waals surface area (Å²) >= 11 is 14.6. The molecule has 1 unspecified atom stereocenters. The van der Waals surface area contributed by atoms with Crippen LogP contribution in [0.25, 0.3) is 0 Å². The first-order valence-corrected chi connectivity index (χ1v) is 8.36. The van der Waals surface area contributed by atoms with E-state index in [1.807, 2.05) is 12.1 Å². The van der Waals surface area contributed by atoms with Gasteiger partial charge in [0.1, 0.15) is 0 Å². The van der Waals surface area contributed by atoms with Crippen LogP contribution in [0.3, 0.4) is 0 Å². The number of benzene rings is 2. The lowest BCUT2D eigenvalue weighted by molar-refractivity contribution is 0.550. The third-order valence-corrected chi connectivity index (χ3v) is 4.42. The molecule has 0 fully saturated rings. The van der Waals surface area contributed by atoms with E-state index in [2.05, 4.69) is 59.1 Å². The van der Waals surface area contributed by atoms with Gasteiger partial charge in [0, 0.05) is 19.7 Å². The Labute approximate surface area is 143 Å². The average molecular weight is 420 g/mol. The molecule has 1 nitrogen and oxygen atoms in total. The number of rotatable bonds is 5. The second-order valence-electron chi connectivity index (χ2n) is 4.61. The van der Waals surface area contributed by atoms with Crippen molar-refractivity contribution in [1.82, 2.24) is 5.32 Å². The Morgan fingerprint density at radius 3 is 2.40 bits per heavy atom. The molecule has 2 rings (SSSR count). The molecule has 0 saturated heterocycles. The molecule has 0 aliphatic rings. The van der Waals surface area contributed by atoms with Crippen molar-refractivity contribution in [3.8, 4) is 0 Å². The van der Waals surface area contributed by atoms with Gasteiger partial charge in [0.15, 0.2) is 0 Å². The molecule has 20 heavy (non-hydrogen) atoms. The van der Waals surface area contributed by atoms with Gasteiger partial charge in [-0.25, -0.2) is 0 Å². The molecule has 0 spiro atoms. The molecule has 0 radical (unpaired) electrons. The van der Waals surface area contributed by atoms with E-state index >= 15 is 0 Å². The molecular weight excluding hydrogens is 404 g/mol. The number of hydrogen-bond acceptors (Lipinski definition) is 1. The van der Waals surface area contributed by atoms with Crippen LogP contribution in [0.1, 0.15) is 24.1 Å². The van der Waals surface area contributed by atoms with Gasteiger partial charge in [0.05, 0.1) is 0 Å². The van der Waals surface area contributed by atoms with Gasteiger partial charge in [0.25, 0.3) is 0 Å². The van der Waals surface area contributed by atoms with E-state index in [1.165, 1.54) is 9.13 Å². The highest BCUT2D eigenvalue weighted by molar-refractivity contribution is 14.1. The molecule has 0 aromatic heterocycles. The summed E-state index contributed by atoms with van der Waals surface area (Å²) in [5.41, 5.74) is 2.39. The first kappa shape index (κ1) is 16.1. The van der Waals surface area contributed by atoms with E-state index in [-0.39, 0.29) is 6.04 Å². The largest absolute Gasteiger partial charge is 0.310 e. The Morgan fingerprint density at radius 1 is 1.10 bits per heavy atom. The minimum atomic E-state index is 0.199. The van der Waals surface area contributed by atoms with Crippen LogP contribution in [0.2, 0.25) is 10.0 Å². The zero-order chi connectivity index (χ0) is 14.5. The molecule has 2 aromatic carbocycles. The molecule has 0 heterocycles. The number of hydrogen-bond donors (Lipinski definition) is 1. The van der Waals surface area contributed by atoms with Gasteiger partial charge in [-0.3, -0.25) is 0 Å². The first-order valence-electron chi connectivity index (χ1n) is 6.53. The average Bonchev–Trinajstić information content (AvgIpc) is 2.41. The summed E-state index contributed by atoms with van der Waals surface area (Å²) in [5, 5.41) is 4.88. The quantitative estimate of drug-likeness (QED) is 0.631. The van der Waals surface area contributed by atoms with Crippen molar-refractivity contribution in [3.63, 3.8) is 0 Å². The van der Waals surface area contributed by atoms with Crippen molar-refractivity contribution in [2.24, 2.45) is 0 Å². The molecule has 106 valence electrons. The highest BCUT2D eigenvalue weighted by atomic mass is 127. The van der Waals surface area contributed by atoms with E-state index in [0.717, 1.165) is 18.5 Å². The molecule has 0 aliphatic heterocycles. The third-order valence-electron chi connectivity index (χ3n) is 3.14. The standard InChI is InChI=1S/C16H16Cl2IN/c1-2-20-16(9-11-3-6-13(19)7-4-11)14-8-5-12(17)10-15(14)18/h3-8,10,16,20H,2,9H2,1H3. The van der Waals surface area contributed by atoms with Crippen molar-refractivity contribution < 1.29 is 0 Å². The molecule has 1 N–H and O–H groups in total. The zero-order valence-corrected chi connectivity index (χ0v) is 14.8. The maximum Gasteiger partial charge on any atom is 0.0468 e. The van der Waals surface area contributed by atoms with Crippen LogP contribution in [-0.2, 0) is 6.42 Å². The van der Waals surface area contributed by atoms with E-state index < -0.39 is 0 Å². The topological polar surface area (TPSA) is 12.0 Å². The first-order chi connectivity index (χ1) is 9.60. The fourth-order valence-electron chi connectivity index (χ4n) is 2.18. The van der Waals surface area contributed by atoms with Crippen molar-refractivity contribution in [2.75, 3.05) is 6.54 Å². The van der Waals surface area contributed by atoms with Gasteiger partial charge >= 0.3 is 0 Å². The minimum absolute atomic E-state index is 0.199. The van der Waals surface area contributed by atoms with Gasteiger partial charge in [-0.05, 0) is 70.9 Å². The predicted octanol–water partition coefficient (Wildman–Crippen LogP) is 5.49. The lowest BCUT2D eigenvalue weighted by atomic mass is 9.99. The monoisotopic (exact) mass is 419 g/mol. The molecular formula is C16H16Cl2IN. The number of nitrogens with one attached hydrogen (secondary N) is 1. The lowest BCUT2D eigenvalue weighted by Crippen LogP contribution is -2.23. The Hall–Kier alpha value is -0.290. The van der Waals surface area contributed by atoms with Crippen LogP contribution in [0.4, 0.5) is 0 Å². The van der Waals surface area contributed by atoms with E-state index in [0.29, 0.717) is 10.0 Å². The highest BCUT2D eigenvalue weighted by Gasteiger charge is 2.14. The summed E-state index contributed by atoms with van der Waals surface area (Å²) in [4.78, 5) is 0. The summed E-state index contributed by atoms with van der Waals surface area (Å²) in [5.74, 6) is 0. The van der Waals surface area contributed by atoms with Gasteiger partial charge in [-0.1, -0.05) is 48.3 Å². The molecule has 0 bridgehead atoms. The normalized spacial score (nSPS) is 12.4. The van der Waals surface area contributed by atoms with Gasteiger partial charge in [0.2, 0.25) is 0 Å². The maximum atomic E-state index is 6.33. The molecule has 0 amide bonds. The van der Waals surface area contributed by atoms with Crippen LogP contribution < -0.4 is 5.32 Å². The lowest BCUT2D eigenvalue weighted by Gasteiger charge is -2.20. The van der Waals surface area contributed by atoms with E-state index in [4.69, 9.17) is 23.2 Å². The van der Waals surface area contributed by atoms with Crippen molar-refractivity contribution in [1.29, 1.82) is 0 Å². The van der Waals surface area contributed by atoms with E-state index in [9.17, 15) is 0 Å². The molecule has 1 atom stereocenters. The Kier molecular flexibility index (Phi) is 6.15. The number of halogens is 3. The van der Waals surface area contributed by atoms with Gasteiger partial charge in [-0.15, -0.1) is 0 Å². The molecule has 2 aromatic rings. The molecule has 0 saturated carbocycles. The van der Waals surface area contributed by atoms with Crippen LogP contribution in [0.5, 0.6) is 0 Å². The van der Waals surface area contributed by atoms with Crippen LogP contribution >= 0.6 is 45.8 Å². The SMILES string of the molecule is CCNC(Cc1ccc(I)cc1)c1ccc(Cl)cc1Cl. The third kappa shape index (κ3) is 4.35. The highest BCUT2D eigenvalue weighted by Crippen LogP contribution is 2.28. The van der Waals surface area contributed by atoms with E-state index in [1.54, 1.807) is 6.07 Å². The van der Waals surface area contributed by atoms with Crippen molar-refractivity contribution in [2.45, 2.75) is 19.4 Å².